The van der Waals surface area contributed by atoms with Crippen molar-refractivity contribution in [2.75, 3.05) is 6.54 Å². The highest BCUT2D eigenvalue weighted by atomic mass is 16.2. The highest BCUT2D eigenvalue weighted by Crippen LogP contribution is 2.37. The zero-order valence-electron chi connectivity index (χ0n) is 31.2. The average Bonchev–Trinajstić information content (AvgIpc) is 3.40. The lowest BCUT2D eigenvalue weighted by Crippen LogP contribution is -2.39. The van der Waals surface area contributed by atoms with Gasteiger partial charge in [0.1, 0.15) is 18.4 Å². The number of Topliss-reactive ketones (excluding diaryl/α,β-unsaturated/α-hetero) is 1. The summed E-state index contributed by atoms with van der Waals surface area (Å²) >= 11 is 0. The fourth-order valence-electron chi connectivity index (χ4n) is 4.52. The first-order chi connectivity index (χ1) is 22.2. The quantitative estimate of drug-likeness (QED) is 0.260. The zero-order chi connectivity index (χ0) is 36.3. The second-order valence-electron chi connectivity index (χ2n) is 12.6. The second-order valence-corrected chi connectivity index (χ2v) is 12.6. The maximum atomic E-state index is 12.0. The van der Waals surface area contributed by atoms with Gasteiger partial charge < -0.3 is 19.7 Å². The van der Waals surface area contributed by atoms with Crippen LogP contribution in [0.25, 0.3) is 0 Å². The first-order valence-electron chi connectivity index (χ1n) is 17.0. The van der Waals surface area contributed by atoms with Gasteiger partial charge in [-0.2, -0.15) is 0 Å². The van der Waals surface area contributed by atoms with Gasteiger partial charge in [0.05, 0.1) is 5.41 Å². The lowest BCUT2D eigenvalue weighted by molar-refractivity contribution is -0.129. The molecule has 1 aliphatic carbocycles. The van der Waals surface area contributed by atoms with E-state index in [1.165, 1.54) is 54.5 Å². The van der Waals surface area contributed by atoms with Gasteiger partial charge in [0.25, 0.3) is 0 Å². The monoisotopic (exact) mass is 645 g/mol. The molecule has 1 N–H and O–H groups in total. The number of rotatable bonds is 7. The highest BCUT2D eigenvalue weighted by Gasteiger charge is 2.39. The molecule has 0 aromatic heterocycles. The summed E-state index contributed by atoms with van der Waals surface area (Å²) in [6, 6.07) is 27.7. The fraction of sp³-hybridized carbons (Fsp3) is 0.476. The van der Waals surface area contributed by atoms with Crippen LogP contribution >= 0.6 is 0 Å². The molecule has 1 aliphatic rings. The van der Waals surface area contributed by atoms with Crippen molar-refractivity contribution in [3.8, 4) is 0 Å². The summed E-state index contributed by atoms with van der Waals surface area (Å²) in [4.78, 5) is 39.4. The van der Waals surface area contributed by atoms with Gasteiger partial charge in [-0.25, -0.2) is 0 Å². The molecule has 260 valence electrons. The molecule has 0 heterocycles. The minimum atomic E-state index is -0.244. The van der Waals surface area contributed by atoms with E-state index in [9.17, 15) is 9.59 Å². The summed E-state index contributed by atoms with van der Waals surface area (Å²) in [7, 11) is 0. The smallest absolute Gasteiger partial charge is 0.226 e. The summed E-state index contributed by atoms with van der Waals surface area (Å²) in [5.41, 5.74) is 7.01. The zero-order valence-corrected chi connectivity index (χ0v) is 31.2. The number of fused-ring (bicyclic) bond motifs is 1. The predicted molar refractivity (Wildman–Crippen MR) is 200 cm³/mol. The van der Waals surface area contributed by atoms with Crippen LogP contribution in [0, 0.1) is 17.8 Å². The number of benzene rings is 3. The number of amides is 1. The molecule has 0 saturated carbocycles. The van der Waals surface area contributed by atoms with E-state index in [-0.39, 0.29) is 17.1 Å². The number of aldehydes is 2. The van der Waals surface area contributed by atoms with Gasteiger partial charge >= 0.3 is 0 Å². The summed E-state index contributed by atoms with van der Waals surface area (Å²) < 4.78 is 0. The molecule has 1 amide bonds. The third-order valence-electron chi connectivity index (χ3n) is 7.64. The minimum Gasteiger partial charge on any atom is -0.356 e. The fourth-order valence-corrected chi connectivity index (χ4v) is 4.52. The van der Waals surface area contributed by atoms with Crippen LogP contribution in [0.1, 0.15) is 110 Å². The molecule has 0 aliphatic heterocycles. The Balaban J connectivity index is 0. The van der Waals surface area contributed by atoms with Crippen LogP contribution in [0.15, 0.2) is 78.9 Å². The molecular formula is C42H63NO4. The van der Waals surface area contributed by atoms with Crippen molar-refractivity contribution in [1.82, 2.24) is 5.32 Å². The van der Waals surface area contributed by atoms with Crippen molar-refractivity contribution in [1.29, 1.82) is 0 Å². The van der Waals surface area contributed by atoms with E-state index in [4.69, 9.17) is 9.59 Å². The van der Waals surface area contributed by atoms with Gasteiger partial charge in [-0.15, -0.1) is 0 Å². The van der Waals surface area contributed by atoms with Gasteiger partial charge in [-0.3, -0.25) is 4.79 Å². The maximum absolute atomic E-state index is 12.0. The standard InChI is InChI=1S/C14H19NO.C12H18.C8H10.C4H8O.2C2H4O/c1-4-15-13(16)14(3)8-11-6-5-10(2)7-12(11)9-14;1-4-12(2,3)10-11-8-6-5-7-9-11;1-2-8-6-4-3-5-7-8;1-3-4(2)5;2*1-2-3/h5-7H,4,8-9H2,1-3H3,(H,15,16);5-9H,4,10H2,1-3H3;3-7H,2H2,1H3;3H2,1-2H3;2*2H,1H3. The van der Waals surface area contributed by atoms with Gasteiger partial charge in [0.2, 0.25) is 5.91 Å². The van der Waals surface area contributed by atoms with Crippen molar-refractivity contribution >= 4 is 24.3 Å². The lowest BCUT2D eigenvalue weighted by Gasteiger charge is -2.22. The Hall–Kier alpha value is -3.86. The molecule has 5 nitrogen and oxygen atoms in total. The number of carbonyl (C=O) groups is 4. The summed E-state index contributed by atoms with van der Waals surface area (Å²) in [5.74, 6) is 0.439. The van der Waals surface area contributed by atoms with Gasteiger partial charge in [-0.1, -0.05) is 132 Å². The molecule has 0 saturated heterocycles. The number of ketones is 1. The van der Waals surface area contributed by atoms with Crippen LogP contribution in [0.3, 0.4) is 0 Å². The number of nitrogens with one attached hydrogen (secondary N) is 1. The van der Waals surface area contributed by atoms with Crippen LogP contribution in [0.2, 0.25) is 0 Å². The number of hydrogen-bond donors (Lipinski definition) is 1. The Labute approximate surface area is 287 Å². The first kappa shape index (κ1) is 45.3. The molecule has 0 bridgehead atoms. The van der Waals surface area contributed by atoms with Gasteiger partial charge in [0, 0.05) is 13.0 Å². The average molecular weight is 646 g/mol. The van der Waals surface area contributed by atoms with Gasteiger partial charge in [-0.05, 0) is 88.0 Å². The molecule has 3 aromatic carbocycles. The lowest BCUT2D eigenvalue weighted by atomic mass is 9.83. The van der Waals surface area contributed by atoms with Crippen molar-refractivity contribution in [3.05, 3.63) is 107 Å². The molecule has 3 aromatic rings. The molecule has 1 unspecified atom stereocenters. The van der Waals surface area contributed by atoms with E-state index in [0.29, 0.717) is 18.4 Å². The van der Waals surface area contributed by atoms with E-state index in [1.54, 1.807) is 6.92 Å². The molecule has 1 atom stereocenters. The van der Waals surface area contributed by atoms with E-state index < -0.39 is 0 Å². The number of carbonyl (C=O) groups excluding carboxylic acids is 4. The topological polar surface area (TPSA) is 80.3 Å². The Bertz CT molecular complexity index is 1260. The SMILES string of the molecule is CC=O.CC=O.CCC(C)(C)Cc1ccccc1.CCC(C)=O.CCNC(=O)C1(C)Cc2ccc(C)cc2C1.CCc1ccccc1. The molecule has 0 fully saturated rings. The Morgan fingerprint density at radius 3 is 1.62 bits per heavy atom. The normalized spacial score (nSPS) is 13.7. The van der Waals surface area contributed by atoms with Crippen molar-refractivity contribution in [2.45, 2.75) is 115 Å². The van der Waals surface area contributed by atoms with E-state index in [1.807, 2.05) is 19.9 Å². The minimum absolute atomic E-state index is 0.184. The third-order valence-corrected chi connectivity index (χ3v) is 7.64. The largest absolute Gasteiger partial charge is 0.356 e. The van der Waals surface area contributed by atoms with Crippen molar-refractivity contribution in [3.63, 3.8) is 0 Å². The second kappa shape index (κ2) is 26.2. The third kappa shape index (κ3) is 21.5. The Morgan fingerprint density at radius 1 is 0.787 bits per heavy atom. The summed E-state index contributed by atoms with van der Waals surface area (Å²) in [6.45, 7) is 22.2. The van der Waals surface area contributed by atoms with Gasteiger partial charge in [0.15, 0.2) is 0 Å². The van der Waals surface area contributed by atoms with Crippen molar-refractivity contribution in [2.24, 2.45) is 10.8 Å². The highest BCUT2D eigenvalue weighted by molar-refractivity contribution is 5.84. The molecule has 0 radical (unpaired) electrons. The Kier molecular flexibility index (Phi) is 25.3. The van der Waals surface area contributed by atoms with E-state index >= 15 is 0 Å². The number of hydrogen-bond acceptors (Lipinski definition) is 4. The van der Waals surface area contributed by atoms with Crippen LogP contribution in [-0.2, 0) is 44.9 Å². The molecular weight excluding hydrogens is 582 g/mol. The number of aryl methyl sites for hydroxylation is 2. The molecule has 0 spiro atoms. The Morgan fingerprint density at radius 2 is 1.23 bits per heavy atom. The molecule has 5 heteroatoms. The predicted octanol–water partition coefficient (Wildman–Crippen LogP) is 9.55. The molecule has 47 heavy (non-hydrogen) atoms. The molecule has 4 rings (SSSR count). The van der Waals surface area contributed by atoms with E-state index in [2.05, 4.69) is 120 Å². The van der Waals surface area contributed by atoms with Crippen LogP contribution in [0.4, 0.5) is 0 Å². The summed E-state index contributed by atoms with van der Waals surface area (Å²) in [6.07, 6.45) is 7.47. The van der Waals surface area contributed by atoms with Crippen LogP contribution in [0.5, 0.6) is 0 Å². The van der Waals surface area contributed by atoms with Crippen molar-refractivity contribution < 1.29 is 19.2 Å². The maximum Gasteiger partial charge on any atom is 0.226 e. The van der Waals surface area contributed by atoms with E-state index in [0.717, 1.165) is 31.8 Å². The van der Waals surface area contributed by atoms with Crippen LogP contribution < -0.4 is 5.32 Å². The van der Waals surface area contributed by atoms with Crippen LogP contribution in [-0.4, -0.2) is 30.8 Å². The summed E-state index contributed by atoms with van der Waals surface area (Å²) in [5, 5.41) is 2.94. The first-order valence-corrected chi connectivity index (χ1v) is 17.0.